The van der Waals surface area contributed by atoms with Crippen LogP contribution in [0.15, 0.2) is 18.7 Å². The standard InChI is InChI=1S/C8H14N2O3S.CHF3O3S/c1-9-5-6-10(8-9)4-2-3-7-14(11,12)13;2-1(3,4)8(5,6)7/h5-6,8H,2-4,7H2,1H3;(H,5,6,7). The SMILES string of the molecule is C[n+]1ccn(CCCCS(=O)(=O)[O-])c1.O=S(=O)(O)C(F)(F)F. The summed E-state index contributed by atoms with van der Waals surface area (Å²) < 4.78 is 92.2. The highest BCUT2D eigenvalue weighted by atomic mass is 32.2. The largest absolute Gasteiger partial charge is 0.748 e. The lowest BCUT2D eigenvalue weighted by Crippen LogP contribution is -2.23. The molecule has 0 aliphatic rings. The smallest absolute Gasteiger partial charge is 0.522 e. The van der Waals surface area contributed by atoms with Gasteiger partial charge in [0.1, 0.15) is 12.4 Å². The van der Waals surface area contributed by atoms with E-state index in [2.05, 4.69) is 0 Å². The maximum absolute atomic E-state index is 10.7. The molecular weight excluding hydrogens is 353 g/mol. The molecule has 0 aliphatic carbocycles. The number of unbranched alkanes of at least 4 members (excludes halogenated alkanes) is 1. The van der Waals surface area contributed by atoms with E-state index in [0.29, 0.717) is 12.8 Å². The van der Waals surface area contributed by atoms with Gasteiger partial charge in [0.2, 0.25) is 6.33 Å². The van der Waals surface area contributed by atoms with Crippen molar-refractivity contribution >= 4 is 20.2 Å². The summed E-state index contributed by atoms with van der Waals surface area (Å²) >= 11 is 0. The number of hydrogen-bond acceptors (Lipinski definition) is 5. The molecule has 1 heterocycles. The highest BCUT2D eigenvalue weighted by Crippen LogP contribution is 2.20. The van der Waals surface area contributed by atoms with Crippen molar-refractivity contribution in [3.05, 3.63) is 18.7 Å². The van der Waals surface area contributed by atoms with E-state index in [4.69, 9.17) is 13.0 Å². The van der Waals surface area contributed by atoms with E-state index in [1.165, 1.54) is 0 Å². The highest BCUT2D eigenvalue weighted by Gasteiger charge is 2.44. The molecule has 0 radical (unpaired) electrons. The van der Waals surface area contributed by atoms with Crippen molar-refractivity contribution in [3.8, 4) is 0 Å². The number of aryl methyl sites for hydroxylation is 2. The first kappa shape index (κ1) is 20.8. The van der Waals surface area contributed by atoms with E-state index >= 15 is 0 Å². The molecule has 0 atom stereocenters. The molecule has 0 bridgehead atoms. The second-order valence-corrected chi connectivity index (χ2v) is 7.14. The number of imidazole rings is 1. The first-order valence-corrected chi connectivity index (χ1v) is 8.72. The minimum atomic E-state index is -5.84. The van der Waals surface area contributed by atoms with Gasteiger partial charge >= 0.3 is 15.6 Å². The molecule has 0 aliphatic heterocycles. The van der Waals surface area contributed by atoms with Crippen LogP contribution in [0.4, 0.5) is 13.2 Å². The van der Waals surface area contributed by atoms with Gasteiger partial charge in [0.05, 0.1) is 23.7 Å². The maximum atomic E-state index is 10.7. The molecule has 0 saturated carbocycles. The summed E-state index contributed by atoms with van der Waals surface area (Å²) in [6.07, 6.45) is 6.85. The molecule has 0 saturated heterocycles. The third-order valence-electron chi connectivity index (χ3n) is 2.18. The van der Waals surface area contributed by atoms with Crippen molar-refractivity contribution in [2.45, 2.75) is 24.9 Å². The van der Waals surface area contributed by atoms with Gasteiger partial charge < -0.3 is 4.55 Å². The number of rotatable bonds is 5. The van der Waals surface area contributed by atoms with Crippen LogP contribution < -0.4 is 4.57 Å². The van der Waals surface area contributed by atoms with Gasteiger partial charge in [0, 0.05) is 5.75 Å². The summed E-state index contributed by atoms with van der Waals surface area (Å²) in [6.45, 7) is 0.746. The number of alkyl halides is 3. The minimum absolute atomic E-state index is 0.263. The highest BCUT2D eigenvalue weighted by molar-refractivity contribution is 7.86. The average molecular weight is 368 g/mol. The zero-order valence-electron chi connectivity index (χ0n) is 11.4. The Kier molecular flexibility index (Phi) is 7.47. The molecule has 1 N–H and O–H groups in total. The topological polar surface area (TPSA) is 120 Å². The lowest BCUT2D eigenvalue weighted by atomic mass is 10.3. The van der Waals surface area contributed by atoms with E-state index in [0.717, 1.165) is 6.54 Å². The van der Waals surface area contributed by atoms with Gasteiger partial charge in [-0.3, -0.25) is 4.55 Å². The van der Waals surface area contributed by atoms with Crippen LogP contribution in [0, 0.1) is 0 Å². The van der Waals surface area contributed by atoms with E-state index in [1.54, 1.807) is 0 Å². The summed E-state index contributed by atoms with van der Waals surface area (Å²) in [6, 6.07) is 0. The number of hydrogen-bond donors (Lipinski definition) is 1. The molecule has 1 aromatic heterocycles. The van der Waals surface area contributed by atoms with Crippen molar-refractivity contribution in [1.29, 1.82) is 0 Å². The fourth-order valence-electron chi connectivity index (χ4n) is 1.21. The third kappa shape index (κ3) is 9.70. The zero-order valence-corrected chi connectivity index (χ0v) is 13.0. The lowest BCUT2D eigenvalue weighted by Gasteiger charge is -2.04. The second kappa shape index (κ2) is 7.89. The predicted molar refractivity (Wildman–Crippen MR) is 67.0 cm³/mol. The van der Waals surface area contributed by atoms with Crippen molar-refractivity contribution < 1.29 is 43.7 Å². The molecule has 0 spiro atoms. The van der Waals surface area contributed by atoms with Crippen molar-refractivity contribution in [2.24, 2.45) is 7.05 Å². The summed E-state index contributed by atoms with van der Waals surface area (Å²) in [5.74, 6) is -0.263. The Labute approximate surface area is 125 Å². The zero-order chi connectivity index (χ0) is 17.6. The summed E-state index contributed by atoms with van der Waals surface area (Å²) in [4.78, 5) is 0. The molecule has 0 unspecified atom stereocenters. The van der Waals surface area contributed by atoms with E-state index in [-0.39, 0.29) is 5.75 Å². The Morgan fingerprint density at radius 1 is 1.23 bits per heavy atom. The molecular formula is C9H15F3N2O6S2. The minimum Gasteiger partial charge on any atom is -0.748 e. The molecule has 8 nitrogen and oxygen atoms in total. The molecule has 1 rings (SSSR count). The molecule has 0 fully saturated rings. The molecule has 1 aromatic rings. The molecule has 130 valence electrons. The van der Waals surface area contributed by atoms with Crippen LogP contribution in [-0.2, 0) is 33.8 Å². The van der Waals surface area contributed by atoms with Crippen LogP contribution in [0.2, 0.25) is 0 Å². The van der Waals surface area contributed by atoms with Gasteiger partial charge in [0.25, 0.3) is 0 Å². The van der Waals surface area contributed by atoms with Crippen LogP contribution in [0.5, 0.6) is 0 Å². The van der Waals surface area contributed by atoms with E-state index in [9.17, 15) is 26.1 Å². The molecule has 0 aromatic carbocycles. The number of nitrogens with zero attached hydrogens (tertiary/aromatic N) is 2. The molecule has 13 heteroatoms. The van der Waals surface area contributed by atoms with Gasteiger partial charge in [-0.15, -0.1) is 0 Å². The van der Waals surface area contributed by atoms with Gasteiger partial charge in [-0.05, 0) is 12.8 Å². The van der Waals surface area contributed by atoms with E-state index in [1.807, 2.05) is 34.9 Å². The van der Waals surface area contributed by atoms with Gasteiger partial charge in [0.15, 0.2) is 0 Å². The number of halogens is 3. The number of aromatic nitrogens is 2. The van der Waals surface area contributed by atoms with Crippen LogP contribution in [0.25, 0.3) is 0 Å². The van der Waals surface area contributed by atoms with E-state index < -0.39 is 25.7 Å². The van der Waals surface area contributed by atoms with Gasteiger partial charge in [-0.1, -0.05) is 0 Å². The van der Waals surface area contributed by atoms with Crippen LogP contribution in [-0.4, -0.2) is 41.8 Å². The fourth-order valence-corrected chi connectivity index (χ4v) is 1.76. The molecule has 22 heavy (non-hydrogen) atoms. The summed E-state index contributed by atoms with van der Waals surface area (Å²) in [5, 5.41) is 0. The van der Waals surface area contributed by atoms with Crippen molar-refractivity contribution in [3.63, 3.8) is 0 Å². The Hall–Kier alpha value is -1.18. The average Bonchev–Trinajstić information content (AvgIpc) is 2.67. The summed E-state index contributed by atoms with van der Waals surface area (Å²) in [5.41, 5.74) is -5.53. The van der Waals surface area contributed by atoms with Crippen molar-refractivity contribution in [1.82, 2.24) is 4.57 Å². The third-order valence-corrected chi connectivity index (χ3v) is 3.55. The normalized spacial score (nSPS) is 12.6. The Bertz CT molecular complexity index is 666. The quantitative estimate of drug-likeness (QED) is 0.339. The first-order valence-electron chi connectivity index (χ1n) is 5.71. The van der Waals surface area contributed by atoms with Gasteiger partial charge in [-0.2, -0.15) is 21.6 Å². The van der Waals surface area contributed by atoms with Gasteiger partial charge in [-0.25, -0.2) is 17.6 Å². The first-order chi connectivity index (χ1) is 9.72. The lowest BCUT2D eigenvalue weighted by molar-refractivity contribution is -0.671. The van der Waals surface area contributed by atoms with Crippen LogP contribution >= 0.6 is 0 Å². The monoisotopic (exact) mass is 368 g/mol. The second-order valence-electron chi connectivity index (χ2n) is 4.21. The fraction of sp³-hybridized carbons (Fsp3) is 0.667. The summed E-state index contributed by atoms with van der Waals surface area (Å²) in [7, 11) is -7.96. The maximum Gasteiger partial charge on any atom is 0.522 e. The predicted octanol–water partition coefficient (Wildman–Crippen LogP) is 0.0320. The van der Waals surface area contributed by atoms with Crippen molar-refractivity contribution in [2.75, 3.05) is 5.75 Å². The Morgan fingerprint density at radius 3 is 2.05 bits per heavy atom. The van der Waals surface area contributed by atoms with Crippen LogP contribution in [0.1, 0.15) is 12.8 Å². The van der Waals surface area contributed by atoms with Crippen LogP contribution in [0.3, 0.4) is 0 Å². The molecule has 0 amide bonds. The Morgan fingerprint density at radius 2 is 1.73 bits per heavy atom. The Balaban J connectivity index is 0.000000472.